The Bertz CT molecular complexity index is 624. The number of carbonyl (C=O) groups is 1. The molecule has 1 amide bonds. The Hall–Kier alpha value is -1.74. The second kappa shape index (κ2) is 11.0. The largest absolute Gasteiger partial charge is 0.391 e. The van der Waals surface area contributed by atoms with Gasteiger partial charge in [0.05, 0.1) is 0 Å². The van der Waals surface area contributed by atoms with Crippen LogP contribution in [0.4, 0.5) is 0 Å². The summed E-state index contributed by atoms with van der Waals surface area (Å²) in [5.74, 6) is -0.000972. The van der Waals surface area contributed by atoms with Crippen LogP contribution in [0.1, 0.15) is 58.9 Å². The topological polar surface area (TPSA) is 41.1 Å². The predicted molar refractivity (Wildman–Crippen MR) is 108 cm³/mol. The molecular formula is C21H31ClN2O. The van der Waals surface area contributed by atoms with Crippen molar-refractivity contribution in [2.24, 2.45) is 0 Å². The van der Waals surface area contributed by atoms with Gasteiger partial charge in [-0.15, -0.1) is 0 Å². The van der Waals surface area contributed by atoms with E-state index in [9.17, 15) is 4.79 Å². The molecular weight excluding hydrogens is 332 g/mol. The number of benzene rings is 1. The van der Waals surface area contributed by atoms with E-state index < -0.39 is 0 Å². The van der Waals surface area contributed by atoms with E-state index in [0.717, 1.165) is 53.7 Å². The maximum Gasteiger partial charge on any atom is 0.251 e. The molecule has 0 radical (unpaired) electrons. The minimum atomic E-state index is -0.000972. The Labute approximate surface area is 157 Å². The molecule has 0 fully saturated rings. The van der Waals surface area contributed by atoms with Crippen molar-refractivity contribution in [2.45, 2.75) is 59.9 Å². The van der Waals surface area contributed by atoms with E-state index in [1.54, 1.807) is 0 Å². The summed E-state index contributed by atoms with van der Waals surface area (Å²) >= 11 is 5.92. The quantitative estimate of drug-likeness (QED) is 0.458. The number of amides is 1. The van der Waals surface area contributed by atoms with Gasteiger partial charge in [0.15, 0.2) is 0 Å². The fourth-order valence-electron chi connectivity index (χ4n) is 2.86. The molecule has 0 bridgehead atoms. The maximum absolute atomic E-state index is 13.0. The number of nitrogens with one attached hydrogen (secondary N) is 2. The second-order valence-corrected chi connectivity index (χ2v) is 6.57. The number of rotatable bonds is 9. The van der Waals surface area contributed by atoms with Gasteiger partial charge in [-0.1, -0.05) is 56.5 Å². The van der Waals surface area contributed by atoms with Crippen molar-refractivity contribution >= 4 is 17.5 Å². The summed E-state index contributed by atoms with van der Waals surface area (Å²) < 4.78 is 0. The van der Waals surface area contributed by atoms with Gasteiger partial charge in [-0.3, -0.25) is 4.79 Å². The van der Waals surface area contributed by atoms with Crippen LogP contribution in [0.25, 0.3) is 0 Å². The lowest BCUT2D eigenvalue weighted by Crippen LogP contribution is -2.27. The summed E-state index contributed by atoms with van der Waals surface area (Å²) in [4.78, 5) is 13.0. The van der Waals surface area contributed by atoms with Gasteiger partial charge in [0.25, 0.3) is 5.91 Å². The van der Waals surface area contributed by atoms with E-state index >= 15 is 0 Å². The number of allylic oxidation sites excluding steroid dienone is 2. The lowest BCUT2D eigenvalue weighted by Gasteiger charge is -2.19. The molecule has 0 unspecified atom stereocenters. The van der Waals surface area contributed by atoms with Gasteiger partial charge in [-0.05, 0) is 49.5 Å². The van der Waals surface area contributed by atoms with Crippen molar-refractivity contribution in [3.05, 3.63) is 57.3 Å². The first kappa shape index (κ1) is 21.3. The first-order valence-corrected chi connectivity index (χ1v) is 9.48. The molecule has 0 saturated carbocycles. The molecule has 1 aromatic carbocycles. The average molecular weight is 363 g/mol. The van der Waals surface area contributed by atoms with E-state index in [1.807, 2.05) is 31.3 Å². The Morgan fingerprint density at radius 1 is 1.08 bits per heavy atom. The van der Waals surface area contributed by atoms with E-state index in [2.05, 4.69) is 38.3 Å². The molecule has 0 aliphatic carbocycles. The highest BCUT2D eigenvalue weighted by atomic mass is 35.5. The summed E-state index contributed by atoms with van der Waals surface area (Å²) in [6, 6.07) is 7.56. The van der Waals surface area contributed by atoms with Crippen LogP contribution < -0.4 is 10.6 Å². The molecule has 4 heteroatoms. The van der Waals surface area contributed by atoms with Gasteiger partial charge < -0.3 is 10.6 Å². The first-order chi connectivity index (χ1) is 12.0. The monoisotopic (exact) mass is 362 g/mol. The predicted octanol–water partition coefficient (Wildman–Crippen LogP) is 5.37. The van der Waals surface area contributed by atoms with Crippen LogP contribution in [0, 0.1) is 0 Å². The van der Waals surface area contributed by atoms with Crippen LogP contribution >= 0.6 is 11.6 Å². The summed E-state index contributed by atoms with van der Waals surface area (Å²) in [5, 5.41) is 7.06. The van der Waals surface area contributed by atoms with Gasteiger partial charge in [0, 0.05) is 29.9 Å². The zero-order valence-electron chi connectivity index (χ0n) is 16.1. The third-order valence-corrected chi connectivity index (χ3v) is 4.62. The van der Waals surface area contributed by atoms with Crippen LogP contribution in [-0.4, -0.2) is 13.0 Å². The van der Waals surface area contributed by atoms with E-state index in [0.29, 0.717) is 11.6 Å². The second-order valence-electron chi connectivity index (χ2n) is 6.13. The molecule has 1 aromatic rings. The third kappa shape index (κ3) is 6.24. The van der Waals surface area contributed by atoms with Crippen molar-refractivity contribution in [3.63, 3.8) is 0 Å². The lowest BCUT2D eigenvalue weighted by molar-refractivity contribution is -0.117. The molecule has 2 N–H and O–H groups in total. The van der Waals surface area contributed by atoms with Crippen LogP contribution in [0.5, 0.6) is 0 Å². The van der Waals surface area contributed by atoms with Crippen molar-refractivity contribution in [2.75, 3.05) is 7.05 Å². The van der Waals surface area contributed by atoms with E-state index in [-0.39, 0.29) is 5.91 Å². The summed E-state index contributed by atoms with van der Waals surface area (Å²) in [5.41, 5.74) is 5.28. The fourth-order valence-corrected chi connectivity index (χ4v) is 2.98. The van der Waals surface area contributed by atoms with Gasteiger partial charge in [-0.25, -0.2) is 0 Å². The minimum absolute atomic E-state index is 0.000972. The van der Waals surface area contributed by atoms with Crippen molar-refractivity contribution in [1.82, 2.24) is 10.6 Å². The highest BCUT2D eigenvalue weighted by Gasteiger charge is 2.19. The molecule has 25 heavy (non-hydrogen) atoms. The number of hydrogen-bond donors (Lipinski definition) is 2. The summed E-state index contributed by atoms with van der Waals surface area (Å²) in [7, 11) is 1.93. The van der Waals surface area contributed by atoms with E-state index in [1.165, 1.54) is 0 Å². The summed E-state index contributed by atoms with van der Waals surface area (Å²) in [6.45, 7) is 8.91. The van der Waals surface area contributed by atoms with Crippen molar-refractivity contribution in [1.29, 1.82) is 0 Å². The van der Waals surface area contributed by atoms with Crippen LogP contribution in [0.2, 0.25) is 5.02 Å². The zero-order chi connectivity index (χ0) is 18.8. The molecule has 0 saturated heterocycles. The van der Waals surface area contributed by atoms with Crippen LogP contribution in [0.15, 0.2) is 46.7 Å². The lowest BCUT2D eigenvalue weighted by atomic mass is 9.92. The van der Waals surface area contributed by atoms with Crippen LogP contribution in [-0.2, 0) is 11.3 Å². The number of hydrogen-bond acceptors (Lipinski definition) is 2. The van der Waals surface area contributed by atoms with E-state index in [4.69, 9.17) is 11.6 Å². The Kier molecular flexibility index (Phi) is 9.36. The van der Waals surface area contributed by atoms with Gasteiger partial charge in [0.1, 0.15) is 0 Å². The highest BCUT2D eigenvalue weighted by Crippen LogP contribution is 2.25. The smallest absolute Gasteiger partial charge is 0.251 e. The molecule has 138 valence electrons. The Balaban J connectivity index is 3.11. The van der Waals surface area contributed by atoms with Crippen molar-refractivity contribution < 1.29 is 4.79 Å². The molecule has 3 nitrogen and oxygen atoms in total. The first-order valence-electron chi connectivity index (χ1n) is 9.10. The molecule has 0 spiro atoms. The molecule has 0 heterocycles. The normalized spacial score (nSPS) is 13.0. The molecule has 1 rings (SSSR count). The Morgan fingerprint density at radius 2 is 1.72 bits per heavy atom. The molecule has 0 atom stereocenters. The van der Waals surface area contributed by atoms with Gasteiger partial charge in [0.2, 0.25) is 0 Å². The number of halogens is 1. The summed E-state index contributed by atoms with van der Waals surface area (Å²) in [6.07, 6.45) is 3.64. The molecule has 0 aliphatic rings. The SMILES string of the molecule is CCC/C(C(C(=O)NCc1ccc(Cl)cc1)=C(C)CC)=C(\CC)NC. The molecule has 0 aliphatic heterocycles. The van der Waals surface area contributed by atoms with Crippen molar-refractivity contribution in [3.8, 4) is 0 Å². The Morgan fingerprint density at radius 3 is 2.20 bits per heavy atom. The highest BCUT2D eigenvalue weighted by molar-refractivity contribution is 6.30. The maximum atomic E-state index is 13.0. The molecule has 0 aromatic heterocycles. The standard InChI is InChI=1S/C21H31ClN2O/c1-6-9-18(19(8-3)23-5)20(15(4)7-2)21(25)24-14-16-10-12-17(22)13-11-16/h10-13,23H,6-9,14H2,1-5H3,(H,24,25)/b19-18-,20-15?. The number of carbonyl (C=O) groups excluding carboxylic acids is 1. The third-order valence-electron chi connectivity index (χ3n) is 4.37. The zero-order valence-corrected chi connectivity index (χ0v) is 16.9. The van der Waals surface area contributed by atoms with Gasteiger partial charge in [-0.2, -0.15) is 0 Å². The van der Waals surface area contributed by atoms with Gasteiger partial charge >= 0.3 is 0 Å². The minimum Gasteiger partial charge on any atom is -0.391 e. The fraction of sp³-hybridized carbons (Fsp3) is 0.476. The van der Waals surface area contributed by atoms with Crippen LogP contribution in [0.3, 0.4) is 0 Å². The average Bonchev–Trinajstić information content (AvgIpc) is 2.62.